The van der Waals surface area contributed by atoms with Gasteiger partial charge >= 0.3 is 5.97 Å². The van der Waals surface area contributed by atoms with E-state index in [4.69, 9.17) is 61.9 Å². The van der Waals surface area contributed by atoms with Gasteiger partial charge in [-0.3, -0.25) is 19.2 Å². The summed E-state index contributed by atoms with van der Waals surface area (Å²) in [6.45, 7) is 18.2. The highest BCUT2D eigenvalue weighted by Gasteiger charge is 2.53. The van der Waals surface area contributed by atoms with Crippen molar-refractivity contribution in [2.75, 3.05) is 126 Å². The molecule has 1 unspecified atom stereocenters. The van der Waals surface area contributed by atoms with E-state index < -0.39 is 83.9 Å². The lowest BCUT2D eigenvalue weighted by Gasteiger charge is -2.43. The smallest absolute Gasteiger partial charge is 0.329 e. The molecule has 0 aromatic carbocycles. The molecule has 0 aromatic heterocycles. The van der Waals surface area contributed by atoms with Crippen molar-refractivity contribution in [3.05, 3.63) is 47.6 Å². The Morgan fingerprint density at radius 1 is 0.682 bits per heavy atom. The molecule has 4 N–H and O–H groups in total. The number of fused-ring (bicyclic) bond motifs is 3. The Kier molecular flexibility index (Phi) is 37.0. The predicted molar refractivity (Wildman–Crippen MR) is 327 cm³/mol. The zero-order valence-electron chi connectivity index (χ0n) is 54.2. The molecule has 2 bridgehead atoms. The fourth-order valence-electron chi connectivity index (χ4n) is 11.8. The lowest BCUT2D eigenvalue weighted by atomic mass is 9.78. The van der Waals surface area contributed by atoms with Crippen molar-refractivity contribution in [1.82, 2.24) is 4.90 Å². The second-order valence-corrected chi connectivity index (χ2v) is 24.2. The monoisotopic (exact) mass is 1250 g/mol. The van der Waals surface area contributed by atoms with Gasteiger partial charge in [-0.25, -0.2) is 4.79 Å². The molecule has 3 fully saturated rings. The number of ketones is 3. The molecular weight excluding hydrogens is 1140 g/mol. The Morgan fingerprint density at radius 3 is 1.85 bits per heavy atom. The number of aliphatic hydroxyl groups excluding tert-OH is 3. The average molecular weight is 1250 g/mol. The number of esters is 1. The first-order chi connectivity index (χ1) is 42.2. The number of aliphatic hydroxyl groups is 4. The van der Waals surface area contributed by atoms with Crippen molar-refractivity contribution in [3.8, 4) is 0 Å². The van der Waals surface area contributed by atoms with Gasteiger partial charge in [-0.15, -0.1) is 0 Å². The van der Waals surface area contributed by atoms with Gasteiger partial charge < -0.3 is 82.2 Å². The number of methoxy groups -OCH3 is 2. The minimum Gasteiger partial charge on any atom is -0.460 e. The number of hydrogen-bond donors (Lipinski definition) is 4. The first-order valence-corrected chi connectivity index (χ1v) is 32.2. The van der Waals surface area contributed by atoms with Gasteiger partial charge in [0.05, 0.1) is 130 Å². The van der Waals surface area contributed by atoms with Crippen LogP contribution in [0.25, 0.3) is 0 Å². The number of amides is 1. The van der Waals surface area contributed by atoms with E-state index in [1.165, 1.54) is 12.0 Å². The number of carbonyl (C=O) groups excluding carboxylic acids is 5. The maximum absolute atomic E-state index is 14.6. The zero-order chi connectivity index (χ0) is 64.4. The molecule has 504 valence electrons. The fraction of sp³-hybridized carbons (Fsp3) is 0.803. The van der Waals surface area contributed by atoms with E-state index in [1.807, 2.05) is 51.2 Å². The van der Waals surface area contributed by atoms with Crippen molar-refractivity contribution in [2.24, 2.45) is 35.5 Å². The molecule has 15 atom stereocenters. The minimum absolute atomic E-state index is 0.0115. The topological polar surface area (TPSA) is 280 Å². The Bertz CT molecular complexity index is 2170. The van der Waals surface area contributed by atoms with Crippen LogP contribution in [0.4, 0.5) is 0 Å². The van der Waals surface area contributed by atoms with Gasteiger partial charge in [-0.05, 0) is 107 Å². The van der Waals surface area contributed by atoms with Gasteiger partial charge in [-0.1, -0.05) is 71.1 Å². The zero-order valence-corrected chi connectivity index (χ0v) is 54.2. The molecule has 3 heterocycles. The van der Waals surface area contributed by atoms with E-state index in [9.17, 15) is 39.3 Å². The Morgan fingerprint density at radius 2 is 1.27 bits per heavy atom. The molecular formula is C66H109NO21. The molecule has 88 heavy (non-hydrogen) atoms. The third-order valence-electron chi connectivity index (χ3n) is 17.2. The molecule has 22 nitrogen and oxygen atoms in total. The first kappa shape index (κ1) is 76.8. The first-order valence-electron chi connectivity index (χ1n) is 32.2. The quantitative estimate of drug-likeness (QED) is 0.0304. The molecule has 22 heteroatoms. The van der Waals surface area contributed by atoms with Crippen LogP contribution >= 0.6 is 0 Å². The van der Waals surface area contributed by atoms with Gasteiger partial charge in [0, 0.05) is 51.4 Å². The molecule has 2 saturated heterocycles. The third-order valence-corrected chi connectivity index (χ3v) is 17.2. The molecule has 4 rings (SSSR count). The molecule has 4 aliphatic rings. The van der Waals surface area contributed by atoms with E-state index in [1.54, 1.807) is 40.9 Å². The maximum Gasteiger partial charge on any atom is 0.329 e. The number of cyclic esters (lactones) is 1. The SMILES string of the molecule is CO[C@@H]1C[C@H](C[C@@H](C)[C@@H]2CC(=O)[C@H](C)/C=C(\C)[C@@H](O)[C@@H](OC)C(=O)[C@H](C)C[C@H](C)/C=C/C=C/C=C(\C)C(OCCOCCOCCOCCOCCOCCOCCOCCO)C[C@@H]3CC[C@@H](C)[C@@](O)(O3)C(=O)C(=O)N3CCCC[C@H]3C(=O)O2)CC[C@H]1O. The molecule has 0 spiro atoms. The van der Waals surface area contributed by atoms with E-state index in [0.29, 0.717) is 149 Å². The van der Waals surface area contributed by atoms with Crippen LogP contribution in [-0.2, 0) is 80.8 Å². The van der Waals surface area contributed by atoms with E-state index in [2.05, 4.69) is 0 Å². The normalized spacial score (nSPS) is 33.0. The van der Waals surface area contributed by atoms with Crippen LogP contribution < -0.4 is 0 Å². The van der Waals surface area contributed by atoms with Crippen LogP contribution in [0.2, 0.25) is 0 Å². The van der Waals surface area contributed by atoms with Crippen molar-refractivity contribution in [1.29, 1.82) is 0 Å². The summed E-state index contributed by atoms with van der Waals surface area (Å²) in [5.41, 5.74) is 1.19. The molecule has 1 saturated carbocycles. The summed E-state index contributed by atoms with van der Waals surface area (Å²) in [5, 5.41) is 43.1. The van der Waals surface area contributed by atoms with Crippen LogP contribution in [0.1, 0.15) is 126 Å². The van der Waals surface area contributed by atoms with Crippen LogP contribution in [0.5, 0.6) is 0 Å². The summed E-state index contributed by atoms with van der Waals surface area (Å²) in [4.78, 5) is 73.0. The standard InChI is InChI=1S/C66H109NO21/c1-45-15-11-10-12-16-46(2)57(86-38-37-85-36-35-84-34-33-83-32-31-82-30-29-81-28-27-80-26-25-79-24-23-68)43-53-20-18-51(7)66(76,88-53)63(73)64(74)67-22-14-13-17-54(67)65(75)87-58(48(4)41-52-19-21-55(69)59(42-52)77-8)44-56(70)47(3)40-50(6)61(72)62(78-9)60(71)49(5)39-45/h10-12,15-16,40,45,47-49,51-55,57-59,61-62,68-69,72,76H,13-14,17-39,41-44H2,1-9H3/b12-10+,15-11+,46-16+,50-40+/t45-,47-,48-,49-,51-,52+,53+,54+,55-,57?,58+,59-,61-,62+,66-/m1/s1. The van der Waals surface area contributed by atoms with E-state index in [0.717, 1.165) is 5.57 Å². The largest absolute Gasteiger partial charge is 0.460 e. The summed E-state index contributed by atoms with van der Waals surface area (Å²) in [6, 6.07) is -1.19. The summed E-state index contributed by atoms with van der Waals surface area (Å²) in [6.07, 6.45) is 10.3. The van der Waals surface area contributed by atoms with Gasteiger partial charge in [0.1, 0.15) is 30.1 Å². The van der Waals surface area contributed by atoms with Gasteiger partial charge in [0.25, 0.3) is 11.7 Å². The number of piperidine rings is 1. The minimum atomic E-state index is -2.51. The van der Waals surface area contributed by atoms with Crippen molar-refractivity contribution < 1.29 is 101 Å². The molecule has 0 radical (unpaired) electrons. The summed E-state index contributed by atoms with van der Waals surface area (Å²) < 4.78 is 68.9. The van der Waals surface area contributed by atoms with Crippen LogP contribution in [0.3, 0.4) is 0 Å². The van der Waals surface area contributed by atoms with E-state index >= 15 is 0 Å². The second-order valence-electron chi connectivity index (χ2n) is 24.2. The van der Waals surface area contributed by atoms with Gasteiger partial charge in [0.15, 0.2) is 5.78 Å². The third kappa shape index (κ3) is 26.5. The Balaban J connectivity index is 1.46. The number of ether oxygens (including phenoxy) is 12. The highest BCUT2D eigenvalue weighted by Crippen LogP contribution is 2.38. The van der Waals surface area contributed by atoms with Crippen LogP contribution in [0, 0.1) is 35.5 Å². The number of allylic oxidation sites excluding steroid dienone is 6. The number of nitrogens with zero attached hydrogens (tertiary/aromatic N) is 1. The van der Waals surface area contributed by atoms with Crippen LogP contribution in [0.15, 0.2) is 47.6 Å². The van der Waals surface area contributed by atoms with Crippen molar-refractivity contribution >= 4 is 29.2 Å². The number of Topliss-reactive ketones (excluding diaryl/α,β-unsaturated/α-hetero) is 3. The van der Waals surface area contributed by atoms with Crippen molar-refractivity contribution in [3.63, 3.8) is 0 Å². The Labute approximate surface area is 523 Å². The molecule has 0 aromatic rings. The highest BCUT2D eigenvalue weighted by molar-refractivity contribution is 6.39. The second kappa shape index (κ2) is 42.4. The summed E-state index contributed by atoms with van der Waals surface area (Å²) in [5.74, 6) is -8.43. The van der Waals surface area contributed by atoms with Gasteiger partial charge in [-0.2, -0.15) is 0 Å². The number of rotatable bonds is 29. The fourth-order valence-corrected chi connectivity index (χ4v) is 11.8. The number of carbonyl (C=O) groups is 5. The number of hydrogen-bond acceptors (Lipinski definition) is 21. The van der Waals surface area contributed by atoms with E-state index in [-0.39, 0.29) is 81.1 Å². The predicted octanol–water partition coefficient (Wildman–Crippen LogP) is 5.66. The Hall–Kier alpha value is -3.69. The molecule has 1 aliphatic carbocycles. The van der Waals surface area contributed by atoms with Gasteiger partial charge in [0.2, 0.25) is 5.79 Å². The lowest BCUT2D eigenvalue weighted by Crippen LogP contribution is -2.61. The van der Waals surface area contributed by atoms with Crippen LogP contribution in [-0.4, -0.2) is 236 Å². The summed E-state index contributed by atoms with van der Waals surface area (Å²) >= 11 is 0. The highest BCUT2D eigenvalue weighted by atomic mass is 16.6. The molecule has 1 amide bonds. The molecule has 3 aliphatic heterocycles. The summed E-state index contributed by atoms with van der Waals surface area (Å²) in [7, 11) is 2.93. The average Bonchev–Trinajstić information content (AvgIpc) is 1.71. The lowest BCUT2D eigenvalue weighted by molar-refractivity contribution is -0.266. The van der Waals surface area contributed by atoms with Crippen molar-refractivity contribution in [2.45, 2.75) is 180 Å². The maximum atomic E-state index is 14.6.